The molecular formula is C21H24F2N6O2. The maximum Gasteiger partial charge on any atom is 0.280 e. The van der Waals surface area contributed by atoms with E-state index in [2.05, 4.69) is 27.0 Å². The van der Waals surface area contributed by atoms with Crippen molar-refractivity contribution in [1.29, 1.82) is 0 Å². The number of amides is 1. The van der Waals surface area contributed by atoms with Gasteiger partial charge in [-0.3, -0.25) is 9.78 Å². The molecule has 0 aromatic carbocycles. The lowest BCUT2D eigenvalue weighted by Crippen LogP contribution is -2.43. The van der Waals surface area contributed by atoms with Crippen LogP contribution >= 0.6 is 0 Å². The largest absolute Gasteiger partial charge is 0.494 e. The van der Waals surface area contributed by atoms with Gasteiger partial charge in [0.1, 0.15) is 12.0 Å². The molecule has 3 aromatic rings. The summed E-state index contributed by atoms with van der Waals surface area (Å²) in [4.78, 5) is 27.4. The van der Waals surface area contributed by atoms with Gasteiger partial charge < -0.3 is 9.64 Å². The molecule has 1 aliphatic rings. The summed E-state index contributed by atoms with van der Waals surface area (Å²) in [6.45, 7) is 6.61. The van der Waals surface area contributed by atoms with Gasteiger partial charge in [0, 0.05) is 24.7 Å². The number of piperidine rings is 1. The number of carbonyl (C=O) groups excluding carboxylic acids is 1. The topological polar surface area (TPSA) is 85.5 Å². The van der Waals surface area contributed by atoms with E-state index in [1.54, 1.807) is 17.9 Å². The summed E-state index contributed by atoms with van der Waals surface area (Å²) in [6.07, 6.45) is -0.695. The fourth-order valence-corrected chi connectivity index (χ4v) is 4.27. The van der Waals surface area contributed by atoms with Crippen LogP contribution in [0.15, 0.2) is 18.5 Å². The van der Waals surface area contributed by atoms with E-state index < -0.39 is 6.43 Å². The fraction of sp³-hybridized carbons (Fsp3) is 0.476. The lowest BCUT2D eigenvalue weighted by Gasteiger charge is -2.37. The van der Waals surface area contributed by atoms with Crippen molar-refractivity contribution < 1.29 is 18.3 Å². The molecule has 0 N–H and O–H groups in total. The first-order valence-corrected chi connectivity index (χ1v) is 10.1. The van der Waals surface area contributed by atoms with E-state index in [0.29, 0.717) is 35.8 Å². The SMILES string of the molecule is COc1c(C(=O)N2CC[C@@H](C)[C@H](c3cc(C(F)F)nc4ncnn34)C2)cc(C)nc1C. The van der Waals surface area contributed by atoms with Gasteiger partial charge in [-0.25, -0.2) is 18.3 Å². The molecule has 1 saturated heterocycles. The lowest BCUT2D eigenvalue weighted by molar-refractivity contribution is 0.0661. The van der Waals surface area contributed by atoms with Gasteiger partial charge in [-0.1, -0.05) is 6.92 Å². The number of likely N-dealkylation sites (tertiary alicyclic amines) is 1. The molecule has 0 unspecified atom stereocenters. The molecule has 0 saturated carbocycles. The predicted molar refractivity (Wildman–Crippen MR) is 108 cm³/mol. The summed E-state index contributed by atoms with van der Waals surface area (Å²) in [5.41, 5.74) is 2.07. The Kier molecular flexibility index (Phi) is 5.55. The third-order valence-corrected chi connectivity index (χ3v) is 5.85. The summed E-state index contributed by atoms with van der Waals surface area (Å²) in [6, 6.07) is 3.10. The highest BCUT2D eigenvalue weighted by Gasteiger charge is 2.34. The normalized spacial score (nSPS) is 19.3. The summed E-state index contributed by atoms with van der Waals surface area (Å²) >= 11 is 0. The van der Waals surface area contributed by atoms with E-state index in [0.717, 1.165) is 12.1 Å². The van der Waals surface area contributed by atoms with Crippen molar-refractivity contribution in [2.24, 2.45) is 5.92 Å². The number of halogens is 2. The number of methoxy groups -OCH3 is 1. The van der Waals surface area contributed by atoms with Crippen LogP contribution in [-0.4, -0.2) is 55.6 Å². The van der Waals surface area contributed by atoms with Crippen LogP contribution < -0.4 is 4.74 Å². The van der Waals surface area contributed by atoms with E-state index in [1.807, 2.05) is 6.92 Å². The third-order valence-electron chi connectivity index (χ3n) is 5.85. The van der Waals surface area contributed by atoms with Crippen LogP contribution in [0, 0.1) is 19.8 Å². The van der Waals surface area contributed by atoms with E-state index in [4.69, 9.17) is 4.74 Å². The Morgan fingerprint density at radius 2 is 2.03 bits per heavy atom. The van der Waals surface area contributed by atoms with Crippen LogP contribution in [0.25, 0.3) is 5.78 Å². The summed E-state index contributed by atoms with van der Waals surface area (Å²) in [5, 5.41) is 4.17. The average molecular weight is 430 g/mol. The number of nitrogens with zero attached hydrogens (tertiary/aromatic N) is 6. The van der Waals surface area contributed by atoms with E-state index in [-0.39, 0.29) is 29.2 Å². The minimum Gasteiger partial charge on any atom is -0.494 e. The van der Waals surface area contributed by atoms with Gasteiger partial charge in [-0.05, 0) is 38.3 Å². The van der Waals surface area contributed by atoms with Gasteiger partial charge in [-0.2, -0.15) is 10.1 Å². The molecule has 2 atom stereocenters. The Hall–Kier alpha value is -3.17. The molecule has 0 radical (unpaired) electrons. The molecule has 1 aliphatic heterocycles. The first-order valence-electron chi connectivity index (χ1n) is 10.1. The van der Waals surface area contributed by atoms with Gasteiger partial charge in [0.25, 0.3) is 18.1 Å². The Labute approximate surface area is 178 Å². The Morgan fingerprint density at radius 3 is 2.74 bits per heavy atom. The van der Waals surface area contributed by atoms with E-state index in [1.165, 1.54) is 24.0 Å². The summed E-state index contributed by atoms with van der Waals surface area (Å²) in [5.74, 6) is 0.378. The third kappa shape index (κ3) is 3.82. The van der Waals surface area contributed by atoms with Crippen molar-refractivity contribution in [1.82, 2.24) is 29.5 Å². The molecule has 0 aliphatic carbocycles. The number of ether oxygens (including phenoxy) is 1. The van der Waals surface area contributed by atoms with Gasteiger partial charge in [0.05, 0.1) is 24.1 Å². The summed E-state index contributed by atoms with van der Waals surface area (Å²) in [7, 11) is 1.52. The fourth-order valence-electron chi connectivity index (χ4n) is 4.27. The number of pyridine rings is 1. The zero-order chi connectivity index (χ0) is 22.3. The predicted octanol–water partition coefficient (Wildman–Crippen LogP) is 3.35. The molecule has 31 heavy (non-hydrogen) atoms. The molecule has 10 heteroatoms. The molecule has 4 heterocycles. The average Bonchev–Trinajstić information content (AvgIpc) is 3.21. The zero-order valence-electron chi connectivity index (χ0n) is 17.8. The monoisotopic (exact) mass is 430 g/mol. The smallest absolute Gasteiger partial charge is 0.280 e. The number of alkyl halides is 2. The maximum atomic E-state index is 13.4. The molecule has 0 spiro atoms. The van der Waals surface area contributed by atoms with Crippen LogP contribution in [0.4, 0.5) is 8.78 Å². The molecule has 8 nitrogen and oxygen atoms in total. The number of hydrogen-bond donors (Lipinski definition) is 0. The number of rotatable bonds is 4. The van der Waals surface area contributed by atoms with Crippen LogP contribution in [-0.2, 0) is 0 Å². The zero-order valence-corrected chi connectivity index (χ0v) is 17.8. The highest BCUT2D eigenvalue weighted by atomic mass is 19.3. The van der Waals surface area contributed by atoms with Crippen molar-refractivity contribution in [3.05, 3.63) is 46.8 Å². The van der Waals surface area contributed by atoms with Crippen LogP contribution in [0.3, 0.4) is 0 Å². The second kappa shape index (κ2) is 8.16. The number of carbonyl (C=O) groups is 1. The highest BCUT2D eigenvalue weighted by molar-refractivity contribution is 5.97. The number of fused-ring (bicyclic) bond motifs is 1. The van der Waals surface area contributed by atoms with E-state index >= 15 is 0 Å². The quantitative estimate of drug-likeness (QED) is 0.631. The van der Waals surface area contributed by atoms with Crippen molar-refractivity contribution in [2.75, 3.05) is 20.2 Å². The van der Waals surface area contributed by atoms with Gasteiger partial charge in [-0.15, -0.1) is 0 Å². The second-order valence-corrected chi connectivity index (χ2v) is 7.93. The van der Waals surface area contributed by atoms with E-state index in [9.17, 15) is 13.6 Å². The van der Waals surface area contributed by atoms with Crippen molar-refractivity contribution in [3.8, 4) is 5.75 Å². The highest BCUT2D eigenvalue weighted by Crippen LogP contribution is 2.35. The molecule has 1 fully saturated rings. The van der Waals surface area contributed by atoms with Gasteiger partial charge in [0.2, 0.25) is 0 Å². The minimum absolute atomic E-state index is 0.130. The van der Waals surface area contributed by atoms with Crippen molar-refractivity contribution in [2.45, 2.75) is 39.5 Å². The van der Waals surface area contributed by atoms with Gasteiger partial charge in [0.15, 0.2) is 5.75 Å². The molecule has 1 amide bonds. The molecular weight excluding hydrogens is 406 g/mol. The van der Waals surface area contributed by atoms with Crippen LogP contribution in [0.5, 0.6) is 5.75 Å². The lowest BCUT2D eigenvalue weighted by atomic mass is 9.84. The number of hydrogen-bond acceptors (Lipinski definition) is 6. The Morgan fingerprint density at radius 1 is 1.26 bits per heavy atom. The number of aromatic nitrogens is 5. The Bertz CT molecular complexity index is 1130. The second-order valence-electron chi connectivity index (χ2n) is 7.93. The first-order chi connectivity index (χ1) is 14.8. The van der Waals surface area contributed by atoms with Crippen molar-refractivity contribution in [3.63, 3.8) is 0 Å². The van der Waals surface area contributed by atoms with Crippen LogP contribution in [0.1, 0.15) is 58.8 Å². The standard InChI is InChI=1S/C21H24F2N6O2/c1-11-5-6-28(20(30)14-7-12(2)26-13(3)18(14)31-4)9-15(11)17-8-16(19(22)23)27-21-24-10-25-29(17)21/h7-8,10-11,15,19H,5-6,9H2,1-4H3/t11-,15-/m1/s1. The minimum atomic E-state index is -2.72. The molecule has 4 rings (SSSR count). The first kappa shape index (κ1) is 21.1. The summed E-state index contributed by atoms with van der Waals surface area (Å²) < 4.78 is 33.8. The maximum absolute atomic E-state index is 13.4. The van der Waals surface area contributed by atoms with Crippen LogP contribution in [0.2, 0.25) is 0 Å². The van der Waals surface area contributed by atoms with Gasteiger partial charge >= 0.3 is 0 Å². The molecule has 3 aromatic heterocycles. The number of aryl methyl sites for hydroxylation is 2. The van der Waals surface area contributed by atoms with Crippen molar-refractivity contribution >= 4 is 11.7 Å². The Balaban J connectivity index is 1.71. The molecule has 0 bridgehead atoms. The molecule has 164 valence electrons.